The number of pyridine rings is 1. The van der Waals surface area contributed by atoms with Crippen LogP contribution in [0.3, 0.4) is 0 Å². The summed E-state index contributed by atoms with van der Waals surface area (Å²) in [6, 6.07) is 1.41. The first kappa shape index (κ1) is 10.2. The second-order valence-corrected chi connectivity index (χ2v) is 3.60. The molecule has 0 bridgehead atoms. The van der Waals surface area contributed by atoms with Gasteiger partial charge in [0.25, 0.3) is 0 Å². The van der Waals surface area contributed by atoms with Gasteiger partial charge in [-0.1, -0.05) is 0 Å². The Kier molecular flexibility index (Phi) is 3.04. The fourth-order valence-corrected chi connectivity index (χ4v) is 1.82. The van der Waals surface area contributed by atoms with Crippen molar-refractivity contribution in [1.82, 2.24) is 4.98 Å². The topological polar surface area (TPSA) is 25.4 Å². The Morgan fingerprint density at radius 2 is 2.20 bits per heavy atom. The Labute approximate surface area is 88.9 Å². The van der Waals surface area contributed by atoms with E-state index in [-0.39, 0.29) is 5.82 Å². The van der Waals surface area contributed by atoms with Crippen LogP contribution in [0.15, 0.2) is 12.3 Å². The average molecular weight is 210 g/mol. The molecule has 1 saturated heterocycles. The monoisotopic (exact) mass is 210 g/mol. The molecule has 0 radical (unpaired) electrons. The van der Waals surface area contributed by atoms with Crippen molar-refractivity contribution in [2.45, 2.75) is 19.8 Å². The molecule has 0 aromatic carbocycles. The second-order valence-electron chi connectivity index (χ2n) is 3.60. The molecule has 1 aliphatic rings. The minimum absolute atomic E-state index is 0.289. The van der Waals surface area contributed by atoms with E-state index in [9.17, 15) is 4.39 Å². The molecule has 1 aromatic heterocycles. The van der Waals surface area contributed by atoms with E-state index in [1.165, 1.54) is 6.07 Å². The summed E-state index contributed by atoms with van der Waals surface area (Å²) in [6.07, 6.45) is 3.82. The lowest BCUT2D eigenvalue weighted by atomic mass is 10.4. The number of halogens is 1. The molecule has 2 heterocycles. The molecule has 1 fully saturated rings. The molecule has 0 spiro atoms. The lowest BCUT2D eigenvalue weighted by Crippen LogP contribution is -2.20. The van der Waals surface area contributed by atoms with Crippen LogP contribution in [0.5, 0.6) is 5.75 Å². The summed E-state index contributed by atoms with van der Waals surface area (Å²) in [4.78, 5) is 6.08. The Hall–Kier alpha value is -1.32. The van der Waals surface area contributed by atoms with Gasteiger partial charge >= 0.3 is 0 Å². The lowest BCUT2D eigenvalue weighted by Gasteiger charge is -2.17. The van der Waals surface area contributed by atoms with Crippen LogP contribution in [0.4, 0.5) is 10.2 Å². The van der Waals surface area contributed by atoms with E-state index in [1.807, 2.05) is 11.8 Å². The zero-order valence-electron chi connectivity index (χ0n) is 8.87. The molecule has 1 aromatic rings. The molecule has 0 unspecified atom stereocenters. The van der Waals surface area contributed by atoms with Crippen LogP contribution in [0.25, 0.3) is 0 Å². The molecule has 2 rings (SSSR count). The minimum atomic E-state index is -0.289. The molecule has 82 valence electrons. The molecule has 15 heavy (non-hydrogen) atoms. The Morgan fingerprint density at radius 1 is 1.47 bits per heavy atom. The lowest BCUT2D eigenvalue weighted by molar-refractivity contribution is 0.336. The maximum Gasteiger partial charge on any atom is 0.169 e. The molecule has 0 amide bonds. The van der Waals surface area contributed by atoms with Crippen LogP contribution < -0.4 is 9.64 Å². The Bertz CT molecular complexity index is 337. The summed E-state index contributed by atoms with van der Waals surface area (Å²) < 4.78 is 18.8. The standard InChI is InChI=1S/C11H15FN2O/c1-2-15-9-7-10(12)11(13-8-9)14-5-3-4-6-14/h7-8H,2-6H2,1H3. The third kappa shape index (κ3) is 2.19. The van der Waals surface area contributed by atoms with Gasteiger partial charge < -0.3 is 9.64 Å². The van der Waals surface area contributed by atoms with Crippen molar-refractivity contribution in [1.29, 1.82) is 0 Å². The predicted octanol–water partition coefficient (Wildman–Crippen LogP) is 2.22. The molecule has 0 atom stereocenters. The van der Waals surface area contributed by atoms with E-state index in [0.717, 1.165) is 25.9 Å². The number of hydrogen-bond acceptors (Lipinski definition) is 3. The van der Waals surface area contributed by atoms with Gasteiger partial charge in [0.05, 0.1) is 12.8 Å². The molecule has 0 aliphatic carbocycles. The predicted molar refractivity (Wildman–Crippen MR) is 56.8 cm³/mol. The van der Waals surface area contributed by atoms with Crippen LogP contribution in [-0.4, -0.2) is 24.7 Å². The molecule has 1 aliphatic heterocycles. The van der Waals surface area contributed by atoms with Gasteiger partial charge in [0.15, 0.2) is 11.6 Å². The number of ether oxygens (including phenoxy) is 1. The average Bonchev–Trinajstić information content (AvgIpc) is 2.71. The van der Waals surface area contributed by atoms with Crippen molar-refractivity contribution in [2.24, 2.45) is 0 Å². The maximum atomic E-state index is 13.6. The Balaban J connectivity index is 2.18. The largest absolute Gasteiger partial charge is 0.492 e. The SMILES string of the molecule is CCOc1cnc(N2CCCC2)c(F)c1. The normalized spacial score (nSPS) is 15.7. The van der Waals surface area contributed by atoms with Gasteiger partial charge in [0, 0.05) is 19.2 Å². The zero-order valence-corrected chi connectivity index (χ0v) is 8.87. The maximum absolute atomic E-state index is 13.6. The van der Waals surface area contributed by atoms with Gasteiger partial charge in [-0.25, -0.2) is 9.37 Å². The van der Waals surface area contributed by atoms with Gasteiger partial charge in [-0.15, -0.1) is 0 Å². The van der Waals surface area contributed by atoms with Gasteiger partial charge in [-0.2, -0.15) is 0 Å². The summed E-state index contributed by atoms with van der Waals surface area (Å²) in [6.45, 7) is 4.20. The molecule has 4 heteroatoms. The molecule has 0 N–H and O–H groups in total. The molecular formula is C11H15FN2O. The van der Waals surface area contributed by atoms with Gasteiger partial charge in [0.1, 0.15) is 5.75 Å². The highest BCUT2D eigenvalue weighted by molar-refractivity contribution is 5.43. The Morgan fingerprint density at radius 3 is 2.80 bits per heavy atom. The van der Waals surface area contributed by atoms with Crippen molar-refractivity contribution in [3.05, 3.63) is 18.1 Å². The van der Waals surface area contributed by atoms with E-state index in [4.69, 9.17) is 4.74 Å². The van der Waals surface area contributed by atoms with E-state index in [2.05, 4.69) is 4.98 Å². The quantitative estimate of drug-likeness (QED) is 0.765. The second kappa shape index (κ2) is 4.47. The molecule has 3 nitrogen and oxygen atoms in total. The summed E-state index contributed by atoms with van der Waals surface area (Å²) in [5.41, 5.74) is 0. The fourth-order valence-electron chi connectivity index (χ4n) is 1.82. The van der Waals surface area contributed by atoms with Crippen LogP contribution in [-0.2, 0) is 0 Å². The van der Waals surface area contributed by atoms with Crippen molar-refractivity contribution < 1.29 is 9.13 Å². The third-order valence-electron chi connectivity index (χ3n) is 2.51. The summed E-state index contributed by atoms with van der Waals surface area (Å²) in [5, 5.41) is 0. The molecular weight excluding hydrogens is 195 g/mol. The first-order chi connectivity index (χ1) is 7.31. The van der Waals surface area contributed by atoms with Gasteiger partial charge in [0.2, 0.25) is 0 Å². The number of nitrogens with zero attached hydrogens (tertiary/aromatic N) is 2. The highest BCUT2D eigenvalue weighted by atomic mass is 19.1. The zero-order chi connectivity index (χ0) is 10.7. The van der Waals surface area contributed by atoms with E-state index in [0.29, 0.717) is 18.2 Å². The first-order valence-corrected chi connectivity index (χ1v) is 5.34. The van der Waals surface area contributed by atoms with E-state index >= 15 is 0 Å². The smallest absolute Gasteiger partial charge is 0.169 e. The number of aromatic nitrogens is 1. The van der Waals surface area contributed by atoms with Gasteiger partial charge in [-0.05, 0) is 19.8 Å². The van der Waals surface area contributed by atoms with Crippen molar-refractivity contribution in [2.75, 3.05) is 24.6 Å². The van der Waals surface area contributed by atoms with E-state index in [1.54, 1.807) is 6.20 Å². The minimum Gasteiger partial charge on any atom is -0.492 e. The summed E-state index contributed by atoms with van der Waals surface area (Å²) >= 11 is 0. The summed E-state index contributed by atoms with van der Waals surface area (Å²) in [5.74, 6) is 0.664. The number of hydrogen-bond donors (Lipinski definition) is 0. The highest BCUT2D eigenvalue weighted by Crippen LogP contribution is 2.23. The van der Waals surface area contributed by atoms with Crippen LogP contribution in [0, 0.1) is 5.82 Å². The van der Waals surface area contributed by atoms with Crippen molar-refractivity contribution >= 4 is 5.82 Å². The number of rotatable bonds is 3. The number of anilines is 1. The van der Waals surface area contributed by atoms with E-state index < -0.39 is 0 Å². The summed E-state index contributed by atoms with van der Waals surface area (Å²) in [7, 11) is 0. The first-order valence-electron chi connectivity index (χ1n) is 5.34. The molecule has 0 saturated carbocycles. The van der Waals surface area contributed by atoms with Crippen LogP contribution >= 0.6 is 0 Å². The van der Waals surface area contributed by atoms with Crippen molar-refractivity contribution in [3.8, 4) is 5.75 Å². The van der Waals surface area contributed by atoms with Crippen LogP contribution in [0.2, 0.25) is 0 Å². The third-order valence-corrected chi connectivity index (χ3v) is 2.51. The van der Waals surface area contributed by atoms with Crippen LogP contribution in [0.1, 0.15) is 19.8 Å². The fraction of sp³-hybridized carbons (Fsp3) is 0.545. The van der Waals surface area contributed by atoms with Crippen molar-refractivity contribution in [3.63, 3.8) is 0 Å². The van der Waals surface area contributed by atoms with Gasteiger partial charge in [-0.3, -0.25) is 0 Å². The highest BCUT2D eigenvalue weighted by Gasteiger charge is 2.17.